The summed E-state index contributed by atoms with van der Waals surface area (Å²) in [6.07, 6.45) is 4.20. The minimum absolute atomic E-state index is 0. The van der Waals surface area contributed by atoms with Crippen LogP contribution < -0.4 is 17.0 Å². The van der Waals surface area contributed by atoms with Crippen LogP contribution in [0.4, 0.5) is 0 Å². The normalized spacial score (nSPS) is 19.4. The first kappa shape index (κ1) is 21.8. The molecular weight excluding hydrogens is 345 g/mol. The molecule has 2 nitrogen and oxygen atoms in total. The minimum Gasteiger partial charge on any atom is -1.00 e. The van der Waals surface area contributed by atoms with Crippen LogP contribution >= 0.6 is 7.92 Å². The van der Waals surface area contributed by atoms with Gasteiger partial charge in [0.05, 0.1) is 26.8 Å². The molecule has 0 spiro atoms. The Labute approximate surface area is 145 Å². The Balaban J connectivity index is 0.00000400. The fourth-order valence-electron chi connectivity index (χ4n) is 3.45. The van der Waals surface area contributed by atoms with E-state index in [9.17, 15) is 0 Å². The lowest BCUT2D eigenvalue weighted by Gasteiger charge is -2.42. The number of unbranched alkanes of at least 4 members (excludes halogenated alkanes) is 1. The number of morpholine rings is 1. The van der Waals surface area contributed by atoms with Crippen molar-refractivity contribution in [2.75, 3.05) is 46.1 Å². The molecule has 0 amide bonds. The quantitative estimate of drug-likeness (QED) is 0.396. The third kappa shape index (κ3) is 7.77. The highest BCUT2D eigenvalue weighted by molar-refractivity contribution is 7.60. The van der Waals surface area contributed by atoms with Crippen LogP contribution in [0.5, 0.6) is 0 Å². The highest BCUT2D eigenvalue weighted by atomic mass is 79.9. The lowest BCUT2D eigenvalue weighted by Crippen LogP contribution is -3.00. The summed E-state index contributed by atoms with van der Waals surface area (Å²) in [4.78, 5) is 0. The maximum atomic E-state index is 5.49. The molecule has 0 radical (unpaired) electrons. The number of nitrogens with zero attached hydrogens (tertiary/aromatic N) is 1. The Morgan fingerprint density at radius 3 is 1.81 bits per heavy atom. The fourth-order valence-corrected chi connectivity index (χ4v) is 7.34. The Kier molecular flexibility index (Phi) is 8.96. The summed E-state index contributed by atoms with van der Waals surface area (Å²) in [7, 11) is 2.48. The Bertz CT molecular complexity index is 276. The van der Waals surface area contributed by atoms with Crippen LogP contribution in [0, 0.1) is 0 Å². The summed E-state index contributed by atoms with van der Waals surface area (Å²) in [6, 6.07) is 0. The first-order valence-corrected chi connectivity index (χ1v) is 9.76. The molecule has 1 aliphatic rings. The molecule has 1 fully saturated rings. The molecule has 0 unspecified atom stereocenters. The van der Waals surface area contributed by atoms with E-state index < -0.39 is 0 Å². The SMILES string of the molecule is CC(C)(C)P(CCCC[N+]1(C)CCOCC1)C(C)(C)C.[Br-]. The number of likely N-dealkylation sites (N-methyl/N-ethyl adjacent to an activating group) is 1. The van der Waals surface area contributed by atoms with Gasteiger partial charge < -0.3 is 26.2 Å². The molecule has 1 aliphatic heterocycles. The topological polar surface area (TPSA) is 9.23 Å². The summed E-state index contributed by atoms with van der Waals surface area (Å²) in [5.74, 6) is 0. The van der Waals surface area contributed by atoms with Crippen LogP contribution in [-0.2, 0) is 4.74 Å². The van der Waals surface area contributed by atoms with Crippen molar-refractivity contribution in [3.8, 4) is 0 Å². The number of hydrogen-bond donors (Lipinski definition) is 0. The van der Waals surface area contributed by atoms with Crippen molar-refractivity contribution in [3.05, 3.63) is 0 Å². The van der Waals surface area contributed by atoms with E-state index in [-0.39, 0.29) is 24.9 Å². The molecule has 0 aromatic rings. The molecule has 0 bridgehead atoms. The molecule has 0 aromatic carbocycles. The smallest absolute Gasteiger partial charge is 0.102 e. The Morgan fingerprint density at radius 1 is 0.905 bits per heavy atom. The van der Waals surface area contributed by atoms with E-state index in [1.807, 2.05) is 0 Å². The van der Waals surface area contributed by atoms with E-state index in [0.29, 0.717) is 10.3 Å². The average Bonchev–Trinajstić information content (AvgIpc) is 2.25. The van der Waals surface area contributed by atoms with Crippen molar-refractivity contribution in [2.24, 2.45) is 0 Å². The third-order valence-corrected chi connectivity index (χ3v) is 8.50. The van der Waals surface area contributed by atoms with Gasteiger partial charge in [-0.05, 0) is 29.3 Å². The molecule has 0 aliphatic carbocycles. The molecule has 0 N–H and O–H groups in total. The average molecular weight is 382 g/mol. The van der Waals surface area contributed by atoms with Gasteiger partial charge in [0.2, 0.25) is 0 Å². The summed E-state index contributed by atoms with van der Waals surface area (Å²) >= 11 is 0. The lowest BCUT2D eigenvalue weighted by molar-refractivity contribution is -0.917. The van der Waals surface area contributed by atoms with Gasteiger partial charge in [-0.15, -0.1) is 0 Å². The summed E-state index contributed by atoms with van der Waals surface area (Å²) in [5.41, 5.74) is 0. The minimum atomic E-state index is 0. The maximum Gasteiger partial charge on any atom is 0.102 e. The fraction of sp³-hybridized carbons (Fsp3) is 1.00. The zero-order chi connectivity index (χ0) is 15.4. The van der Waals surface area contributed by atoms with Gasteiger partial charge >= 0.3 is 0 Å². The first-order chi connectivity index (χ1) is 9.05. The molecule has 1 heterocycles. The van der Waals surface area contributed by atoms with Gasteiger partial charge in [-0.25, -0.2) is 0 Å². The summed E-state index contributed by atoms with van der Waals surface area (Å²) in [5, 5.41) is 0.954. The van der Waals surface area contributed by atoms with Crippen molar-refractivity contribution in [1.82, 2.24) is 0 Å². The monoisotopic (exact) mass is 381 g/mol. The largest absolute Gasteiger partial charge is 1.00 e. The van der Waals surface area contributed by atoms with Gasteiger partial charge in [0.25, 0.3) is 0 Å². The molecule has 1 rings (SSSR count). The van der Waals surface area contributed by atoms with Crippen LogP contribution in [0.2, 0.25) is 0 Å². The van der Waals surface area contributed by atoms with E-state index in [1.54, 1.807) is 0 Å². The zero-order valence-corrected chi connectivity index (χ0v) is 17.8. The van der Waals surface area contributed by atoms with Gasteiger partial charge in [0, 0.05) is 0 Å². The highest BCUT2D eigenvalue weighted by Gasteiger charge is 2.33. The van der Waals surface area contributed by atoms with Crippen LogP contribution in [0.1, 0.15) is 54.4 Å². The van der Waals surface area contributed by atoms with Crippen molar-refractivity contribution in [3.63, 3.8) is 0 Å². The Hall–Kier alpha value is 0.830. The van der Waals surface area contributed by atoms with E-state index in [1.165, 1.54) is 43.1 Å². The summed E-state index contributed by atoms with van der Waals surface area (Å²) in [6.45, 7) is 20.2. The predicted octanol–water partition coefficient (Wildman–Crippen LogP) is 1.33. The predicted molar refractivity (Wildman–Crippen MR) is 92.1 cm³/mol. The zero-order valence-electron chi connectivity index (χ0n) is 15.3. The van der Waals surface area contributed by atoms with Gasteiger partial charge in [-0.3, -0.25) is 0 Å². The number of halogens is 1. The second kappa shape index (κ2) is 8.62. The molecule has 128 valence electrons. The second-order valence-corrected chi connectivity index (χ2v) is 12.6. The van der Waals surface area contributed by atoms with Crippen molar-refractivity contribution in [1.29, 1.82) is 0 Å². The van der Waals surface area contributed by atoms with Gasteiger partial charge in [-0.1, -0.05) is 49.5 Å². The highest BCUT2D eigenvalue weighted by Crippen LogP contribution is 2.59. The molecule has 0 aromatic heterocycles. The molecular formula is C17H37BrNOP. The summed E-state index contributed by atoms with van der Waals surface area (Å²) < 4.78 is 6.71. The first-order valence-electron chi connectivity index (χ1n) is 8.24. The van der Waals surface area contributed by atoms with E-state index in [2.05, 4.69) is 48.6 Å². The van der Waals surface area contributed by atoms with Crippen LogP contribution in [0.25, 0.3) is 0 Å². The van der Waals surface area contributed by atoms with Gasteiger partial charge in [0.15, 0.2) is 0 Å². The van der Waals surface area contributed by atoms with Gasteiger partial charge in [0.1, 0.15) is 13.1 Å². The molecule has 1 saturated heterocycles. The number of quaternary nitrogens is 1. The molecule has 4 heteroatoms. The van der Waals surface area contributed by atoms with Crippen molar-refractivity contribution >= 4 is 7.92 Å². The van der Waals surface area contributed by atoms with E-state index >= 15 is 0 Å². The van der Waals surface area contributed by atoms with Crippen LogP contribution in [-0.4, -0.2) is 60.9 Å². The standard InChI is InChI=1S/C17H37NOP.BrH/c1-16(2,3)20(17(4,5)6)15-9-8-10-18(7)11-13-19-14-12-18;/h8-15H2,1-7H3;1H/q+1;/p-1. The van der Waals surface area contributed by atoms with Crippen molar-refractivity contribution in [2.45, 2.75) is 64.7 Å². The molecule has 0 atom stereocenters. The van der Waals surface area contributed by atoms with Crippen molar-refractivity contribution < 1.29 is 26.2 Å². The number of rotatable bonds is 5. The lowest BCUT2D eigenvalue weighted by atomic mass is 10.2. The number of hydrogen-bond acceptors (Lipinski definition) is 1. The maximum absolute atomic E-state index is 5.49. The van der Waals surface area contributed by atoms with E-state index in [4.69, 9.17) is 4.74 Å². The number of ether oxygens (including phenoxy) is 1. The Morgan fingerprint density at radius 2 is 1.38 bits per heavy atom. The molecule has 21 heavy (non-hydrogen) atoms. The van der Waals surface area contributed by atoms with Crippen LogP contribution in [0.3, 0.4) is 0 Å². The third-order valence-electron chi connectivity index (χ3n) is 4.50. The van der Waals surface area contributed by atoms with Gasteiger partial charge in [-0.2, -0.15) is 0 Å². The second-order valence-electron chi connectivity index (χ2n) is 8.60. The van der Waals surface area contributed by atoms with E-state index in [0.717, 1.165) is 13.2 Å². The molecule has 0 saturated carbocycles. The van der Waals surface area contributed by atoms with Crippen LogP contribution in [0.15, 0.2) is 0 Å².